The Hall–Kier alpha value is -2.37. The van der Waals surface area contributed by atoms with Crippen molar-refractivity contribution in [1.29, 1.82) is 0 Å². The van der Waals surface area contributed by atoms with Gasteiger partial charge in [-0.2, -0.15) is 0 Å². The van der Waals surface area contributed by atoms with E-state index >= 15 is 0 Å². The maximum Gasteiger partial charge on any atom is 0.340 e. The molecule has 2 amide bonds. The summed E-state index contributed by atoms with van der Waals surface area (Å²) >= 11 is 0. The third kappa shape index (κ3) is 6.81. The summed E-state index contributed by atoms with van der Waals surface area (Å²) in [5.74, 6) is -1.59. The molecule has 1 aromatic rings. The van der Waals surface area contributed by atoms with Crippen molar-refractivity contribution in [2.75, 3.05) is 18.5 Å². The van der Waals surface area contributed by atoms with Gasteiger partial charge in [-0.05, 0) is 30.9 Å². The molecule has 132 valence electrons. The van der Waals surface area contributed by atoms with E-state index in [9.17, 15) is 14.4 Å². The molecule has 0 unspecified atom stereocenters. The molecule has 0 bridgehead atoms. The SMILES string of the molecule is CCCCOC(=O)c1ccccc1NC(=O)C(=O)NCCC(C)C. The van der Waals surface area contributed by atoms with E-state index in [0.717, 1.165) is 19.3 Å². The Bertz CT molecular complexity index is 570. The van der Waals surface area contributed by atoms with Gasteiger partial charge in [-0.25, -0.2) is 4.79 Å². The van der Waals surface area contributed by atoms with Crippen LogP contribution in [0.4, 0.5) is 5.69 Å². The molecule has 0 saturated heterocycles. The summed E-state index contributed by atoms with van der Waals surface area (Å²) in [6.07, 6.45) is 2.49. The Balaban J connectivity index is 2.65. The maximum absolute atomic E-state index is 12.1. The van der Waals surface area contributed by atoms with E-state index in [1.54, 1.807) is 24.3 Å². The van der Waals surface area contributed by atoms with Crippen LogP contribution in [0.5, 0.6) is 0 Å². The zero-order chi connectivity index (χ0) is 17.9. The number of carbonyl (C=O) groups is 3. The van der Waals surface area contributed by atoms with Crippen LogP contribution in [0.2, 0.25) is 0 Å². The van der Waals surface area contributed by atoms with Crippen LogP contribution in [0.1, 0.15) is 50.4 Å². The van der Waals surface area contributed by atoms with Gasteiger partial charge in [0.25, 0.3) is 0 Å². The molecule has 0 fully saturated rings. The van der Waals surface area contributed by atoms with Gasteiger partial charge in [-0.15, -0.1) is 0 Å². The lowest BCUT2D eigenvalue weighted by Gasteiger charge is -2.11. The predicted octanol–water partition coefficient (Wildman–Crippen LogP) is 2.74. The van der Waals surface area contributed by atoms with Gasteiger partial charge in [0.15, 0.2) is 0 Å². The van der Waals surface area contributed by atoms with Crippen molar-refractivity contribution in [3.8, 4) is 0 Å². The molecule has 1 rings (SSSR count). The number of esters is 1. The first kappa shape index (κ1) is 19.7. The standard InChI is InChI=1S/C18H26N2O4/c1-4-5-12-24-18(23)14-8-6-7-9-15(14)20-17(22)16(21)19-11-10-13(2)3/h6-9,13H,4-5,10-12H2,1-3H3,(H,19,21)(H,20,22). The minimum Gasteiger partial charge on any atom is -0.462 e. The quantitative estimate of drug-likeness (QED) is 0.435. The van der Waals surface area contributed by atoms with E-state index in [4.69, 9.17) is 4.74 Å². The predicted molar refractivity (Wildman–Crippen MR) is 92.7 cm³/mol. The first-order chi connectivity index (χ1) is 11.5. The fraction of sp³-hybridized carbons (Fsp3) is 0.500. The van der Waals surface area contributed by atoms with Gasteiger partial charge in [0, 0.05) is 6.54 Å². The smallest absolute Gasteiger partial charge is 0.340 e. The fourth-order valence-corrected chi connectivity index (χ4v) is 1.89. The average molecular weight is 334 g/mol. The van der Waals surface area contributed by atoms with Crippen molar-refractivity contribution in [2.24, 2.45) is 5.92 Å². The molecule has 0 saturated carbocycles. The molecule has 0 aliphatic heterocycles. The van der Waals surface area contributed by atoms with Crippen molar-refractivity contribution in [3.63, 3.8) is 0 Å². The minimum absolute atomic E-state index is 0.233. The number of amides is 2. The van der Waals surface area contributed by atoms with Crippen molar-refractivity contribution < 1.29 is 19.1 Å². The Morgan fingerprint density at radius 3 is 2.50 bits per heavy atom. The first-order valence-electron chi connectivity index (χ1n) is 8.31. The van der Waals surface area contributed by atoms with E-state index in [1.807, 2.05) is 20.8 Å². The number of para-hydroxylation sites is 1. The highest BCUT2D eigenvalue weighted by Crippen LogP contribution is 2.16. The zero-order valence-electron chi connectivity index (χ0n) is 14.6. The molecule has 2 N–H and O–H groups in total. The number of hydrogen-bond acceptors (Lipinski definition) is 4. The lowest BCUT2D eigenvalue weighted by Crippen LogP contribution is -2.36. The van der Waals surface area contributed by atoms with Gasteiger partial charge in [-0.3, -0.25) is 9.59 Å². The third-order valence-corrected chi connectivity index (χ3v) is 3.34. The van der Waals surface area contributed by atoms with Gasteiger partial charge in [0.05, 0.1) is 17.9 Å². The summed E-state index contributed by atoms with van der Waals surface area (Å²) < 4.78 is 5.15. The number of hydrogen-bond donors (Lipinski definition) is 2. The molecule has 0 radical (unpaired) electrons. The van der Waals surface area contributed by atoms with E-state index in [-0.39, 0.29) is 11.3 Å². The average Bonchev–Trinajstić information content (AvgIpc) is 2.55. The van der Waals surface area contributed by atoms with Gasteiger partial charge < -0.3 is 15.4 Å². The van der Waals surface area contributed by atoms with E-state index in [0.29, 0.717) is 19.1 Å². The molecule has 0 aliphatic carbocycles. The highest BCUT2D eigenvalue weighted by Gasteiger charge is 2.18. The Morgan fingerprint density at radius 2 is 1.83 bits per heavy atom. The van der Waals surface area contributed by atoms with Crippen LogP contribution in [0.15, 0.2) is 24.3 Å². The van der Waals surface area contributed by atoms with E-state index in [2.05, 4.69) is 10.6 Å². The Kier molecular flexibility index (Phi) is 8.54. The second-order valence-electron chi connectivity index (χ2n) is 5.93. The molecule has 1 aromatic carbocycles. The van der Waals surface area contributed by atoms with E-state index in [1.165, 1.54) is 0 Å². The Labute approximate surface area is 143 Å². The Morgan fingerprint density at radius 1 is 1.12 bits per heavy atom. The van der Waals surface area contributed by atoms with Crippen LogP contribution in [0, 0.1) is 5.92 Å². The largest absolute Gasteiger partial charge is 0.462 e. The normalized spacial score (nSPS) is 10.3. The summed E-state index contributed by atoms with van der Waals surface area (Å²) in [4.78, 5) is 35.8. The topological polar surface area (TPSA) is 84.5 Å². The fourth-order valence-electron chi connectivity index (χ4n) is 1.89. The summed E-state index contributed by atoms with van der Waals surface area (Å²) in [5.41, 5.74) is 0.500. The van der Waals surface area contributed by atoms with Crippen LogP contribution in [-0.2, 0) is 14.3 Å². The number of anilines is 1. The third-order valence-electron chi connectivity index (χ3n) is 3.34. The molecule has 24 heavy (non-hydrogen) atoms. The summed E-state index contributed by atoms with van der Waals surface area (Å²) in [7, 11) is 0. The number of nitrogens with one attached hydrogen (secondary N) is 2. The molecule has 0 heterocycles. The minimum atomic E-state index is -0.799. The monoisotopic (exact) mass is 334 g/mol. The van der Waals surface area contributed by atoms with Gasteiger partial charge in [0.2, 0.25) is 0 Å². The molecular formula is C18H26N2O4. The van der Waals surface area contributed by atoms with Crippen LogP contribution in [0.25, 0.3) is 0 Å². The molecule has 6 nitrogen and oxygen atoms in total. The van der Waals surface area contributed by atoms with Gasteiger partial charge >= 0.3 is 17.8 Å². The van der Waals surface area contributed by atoms with Crippen molar-refractivity contribution >= 4 is 23.5 Å². The maximum atomic E-state index is 12.1. The molecule has 0 spiro atoms. The second kappa shape index (κ2) is 10.4. The van der Waals surface area contributed by atoms with Gasteiger partial charge in [0.1, 0.15) is 0 Å². The molecule has 0 atom stereocenters. The molecule has 6 heteroatoms. The highest BCUT2D eigenvalue weighted by molar-refractivity contribution is 6.40. The van der Waals surface area contributed by atoms with E-state index < -0.39 is 17.8 Å². The van der Waals surface area contributed by atoms with Gasteiger partial charge in [-0.1, -0.05) is 39.3 Å². The van der Waals surface area contributed by atoms with Crippen LogP contribution in [-0.4, -0.2) is 30.9 Å². The zero-order valence-corrected chi connectivity index (χ0v) is 14.6. The number of unbranched alkanes of at least 4 members (excludes halogenated alkanes) is 1. The van der Waals surface area contributed by atoms with Crippen LogP contribution >= 0.6 is 0 Å². The summed E-state index contributed by atoms with van der Waals surface area (Å²) in [5, 5.41) is 5.03. The number of carbonyl (C=O) groups excluding carboxylic acids is 3. The van der Waals surface area contributed by atoms with Crippen molar-refractivity contribution in [2.45, 2.75) is 40.0 Å². The number of benzene rings is 1. The molecule has 0 aromatic heterocycles. The number of ether oxygens (including phenoxy) is 1. The summed E-state index contributed by atoms with van der Waals surface area (Å²) in [6.45, 7) is 6.83. The lowest BCUT2D eigenvalue weighted by molar-refractivity contribution is -0.136. The number of rotatable bonds is 8. The first-order valence-corrected chi connectivity index (χ1v) is 8.31. The lowest BCUT2D eigenvalue weighted by atomic mass is 10.1. The van der Waals surface area contributed by atoms with Crippen molar-refractivity contribution in [1.82, 2.24) is 5.32 Å². The second-order valence-corrected chi connectivity index (χ2v) is 5.93. The van der Waals surface area contributed by atoms with Crippen LogP contribution < -0.4 is 10.6 Å². The summed E-state index contributed by atoms with van der Waals surface area (Å²) in [6, 6.07) is 6.47. The highest BCUT2D eigenvalue weighted by atomic mass is 16.5. The molecule has 0 aliphatic rings. The molecular weight excluding hydrogens is 308 g/mol. The van der Waals surface area contributed by atoms with Crippen LogP contribution in [0.3, 0.4) is 0 Å². The van der Waals surface area contributed by atoms with Crippen molar-refractivity contribution in [3.05, 3.63) is 29.8 Å².